The Labute approximate surface area is 133 Å². The topological polar surface area (TPSA) is 54.0 Å². The third kappa shape index (κ3) is 7.45. The van der Waals surface area contributed by atoms with Crippen LogP contribution in [-0.4, -0.2) is 44.8 Å². The first-order valence-electron chi connectivity index (χ1n) is 8.87. The van der Waals surface area contributed by atoms with E-state index in [4.69, 9.17) is 18.9 Å². The predicted molar refractivity (Wildman–Crippen MR) is 83.0 cm³/mol. The average Bonchev–Trinajstić information content (AvgIpc) is 2.57. The molecular weight excluding hydrogens is 284 g/mol. The molecule has 0 bridgehead atoms. The summed E-state index contributed by atoms with van der Waals surface area (Å²) in [5.74, 6) is 0. The number of hydrogen-bond acceptors (Lipinski definition) is 5. The maximum Gasteiger partial charge on any atom is 0.508 e. The lowest BCUT2D eigenvalue weighted by molar-refractivity contribution is -0.0270. The van der Waals surface area contributed by atoms with Crippen LogP contribution in [-0.2, 0) is 18.9 Å². The minimum Gasteiger partial charge on any atom is -0.432 e. The monoisotopic (exact) mass is 314 g/mol. The summed E-state index contributed by atoms with van der Waals surface area (Å²) < 4.78 is 21.3. The molecule has 0 saturated heterocycles. The van der Waals surface area contributed by atoms with Gasteiger partial charge in [-0.05, 0) is 25.7 Å². The van der Waals surface area contributed by atoms with Crippen molar-refractivity contribution in [1.29, 1.82) is 0 Å². The van der Waals surface area contributed by atoms with Gasteiger partial charge in [0.05, 0.1) is 25.4 Å². The van der Waals surface area contributed by atoms with Crippen molar-refractivity contribution < 1.29 is 23.7 Å². The highest BCUT2D eigenvalue weighted by molar-refractivity contribution is 5.59. The van der Waals surface area contributed by atoms with Crippen molar-refractivity contribution in [3.05, 3.63) is 0 Å². The van der Waals surface area contributed by atoms with E-state index < -0.39 is 6.16 Å². The molecule has 0 N–H and O–H groups in total. The maximum absolute atomic E-state index is 11.4. The molecule has 0 aliphatic heterocycles. The van der Waals surface area contributed by atoms with Gasteiger partial charge in [-0.1, -0.05) is 38.5 Å². The highest BCUT2D eigenvalue weighted by Gasteiger charge is 2.15. The van der Waals surface area contributed by atoms with E-state index >= 15 is 0 Å². The Morgan fingerprint density at radius 1 is 0.636 bits per heavy atom. The first-order chi connectivity index (χ1) is 10.8. The van der Waals surface area contributed by atoms with Gasteiger partial charge in [0.15, 0.2) is 0 Å². The molecule has 0 atom stereocenters. The second kappa shape index (κ2) is 10.8. The number of carbonyl (C=O) groups is 1. The smallest absolute Gasteiger partial charge is 0.432 e. The van der Waals surface area contributed by atoms with Crippen molar-refractivity contribution in [3.63, 3.8) is 0 Å². The molecule has 2 aliphatic carbocycles. The number of ether oxygens (including phenoxy) is 4. The van der Waals surface area contributed by atoms with Gasteiger partial charge in [-0.15, -0.1) is 0 Å². The highest BCUT2D eigenvalue weighted by Crippen LogP contribution is 2.20. The van der Waals surface area contributed by atoms with Crippen molar-refractivity contribution >= 4 is 6.16 Å². The average molecular weight is 314 g/mol. The van der Waals surface area contributed by atoms with E-state index in [-0.39, 0.29) is 13.2 Å². The van der Waals surface area contributed by atoms with Gasteiger partial charge in [0, 0.05) is 0 Å². The summed E-state index contributed by atoms with van der Waals surface area (Å²) in [6.45, 7) is 1.44. The first kappa shape index (κ1) is 17.5. The van der Waals surface area contributed by atoms with Crippen molar-refractivity contribution in [3.8, 4) is 0 Å². The largest absolute Gasteiger partial charge is 0.508 e. The Balaban J connectivity index is 1.39. The van der Waals surface area contributed by atoms with Crippen LogP contribution in [0.15, 0.2) is 0 Å². The summed E-state index contributed by atoms with van der Waals surface area (Å²) in [5.41, 5.74) is 0. The Bertz CT molecular complexity index is 267. The Morgan fingerprint density at radius 2 is 1.05 bits per heavy atom. The van der Waals surface area contributed by atoms with Crippen LogP contribution in [0.25, 0.3) is 0 Å². The highest BCUT2D eigenvalue weighted by atomic mass is 16.7. The van der Waals surface area contributed by atoms with Gasteiger partial charge in [-0.2, -0.15) is 0 Å². The maximum atomic E-state index is 11.4. The SMILES string of the molecule is O=C(OCCOC1CCCCC1)OCCOC1CCCCC1. The lowest BCUT2D eigenvalue weighted by Crippen LogP contribution is -2.22. The fourth-order valence-electron chi connectivity index (χ4n) is 3.18. The predicted octanol–water partition coefficient (Wildman–Crippen LogP) is 3.84. The summed E-state index contributed by atoms with van der Waals surface area (Å²) in [6, 6.07) is 0. The van der Waals surface area contributed by atoms with E-state index in [0.717, 1.165) is 25.7 Å². The van der Waals surface area contributed by atoms with E-state index in [9.17, 15) is 4.79 Å². The lowest BCUT2D eigenvalue weighted by Gasteiger charge is -2.22. The van der Waals surface area contributed by atoms with Crippen molar-refractivity contribution in [2.75, 3.05) is 26.4 Å². The Morgan fingerprint density at radius 3 is 1.45 bits per heavy atom. The first-order valence-corrected chi connectivity index (χ1v) is 8.87. The molecule has 0 spiro atoms. The fraction of sp³-hybridized carbons (Fsp3) is 0.941. The minimum absolute atomic E-state index is 0.263. The van der Waals surface area contributed by atoms with Gasteiger partial charge in [0.2, 0.25) is 0 Å². The zero-order valence-electron chi connectivity index (χ0n) is 13.6. The van der Waals surface area contributed by atoms with Gasteiger partial charge in [0.1, 0.15) is 13.2 Å². The standard InChI is InChI=1S/C17H30O5/c18-17(21-13-11-19-15-7-3-1-4-8-15)22-14-12-20-16-9-5-2-6-10-16/h15-16H,1-14H2. The summed E-state index contributed by atoms with van der Waals surface area (Å²) in [7, 11) is 0. The Hall–Kier alpha value is -0.810. The molecule has 5 heteroatoms. The van der Waals surface area contributed by atoms with Crippen LogP contribution >= 0.6 is 0 Å². The molecular formula is C17H30O5. The molecule has 0 radical (unpaired) electrons. The van der Waals surface area contributed by atoms with Crippen LogP contribution < -0.4 is 0 Å². The minimum atomic E-state index is -0.625. The molecule has 22 heavy (non-hydrogen) atoms. The summed E-state index contributed by atoms with van der Waals surface area (Å²) in [5, 5.41) is 0. The van der Waals surface area contributed by atoms with Crippen LogP contribution in [0.4, 0.5) is 4.79 Å². The second-order valence-electron chi connectivity index (χ2n) is 6.21. The normalized spacial score (nSPS) is 20.7. The zero-order valence-corrected chi connectivity index (χ0v) is 13.6. The fourth-order valence-corrected chi connectivity index (χ4v) is 3.18. The Kier molecular flexibility index (Phi) is 8.64. The van der Waals surface area contributed by atoms with Gasteiger partial charge in [-0.3, -0.25) is 0 Å². The summed E-state index contributed by atoms with van der Waals surface area (Å²) in [6.07, 6.45) is 12.2. The second-order valence-corrected chi connectivity index (χ2v) is 6.21. The molecule has 0 aromatic heterocycles. The lowest BCUT2D eigenvalue weighted by atomic mass is 9.98. The van der Waals surface area contributed by atoms with Crippen LogP contribution in [0.3, 0.4) is 0 Å². The molecule has 2 fully saturated rings. The molecule has 0 amide bonds. The zero-order chi connectivity index (χ0) is 15.5. The van der Waals surface area contributed by atoms with Gasteiger partial charge < -0.3 is 18.9 Å². The molecule has 0 heterocycles. The number of hydrogen-bond donors (Lipinski definition) is 0. The van der Waals surface area contributed by atoms with Crippen LogP contribution in [0.5, 0.6) is 0 Å². The van der Waals surface area contributed by atoms with Crippen LogP contribution in [0, 0.1) is 0 Å². The van der Waals surface area contributed by atoms with Gasteiger partial charge >= 0.3 is 6.16 Å². The van der Waals surface area contributed by atoms with E-state index in [1.54, 1.807) is 0 Å². The van der Waals surface area contributed by atoms with Gasteiger partial charge in [0.25, 0.3) is 0 Å². The summed E-state index contributed by atoms with van der Waals surface area (Å²) >= 11 is 0. The molecule has 0 unspecified atom stereocenters. The molecule has 2 saturated carbocycles. The molecule has 0 aromatic rings. The molecule has 0 aromatic carbocycles. The molecule has 2 aliphatic rings. The van der Waals surface area contributed by atoms with Crippen molar-refractivity contribution in [2.45, 2.75) is 76.4 Å². The summed E-state index contributed by atoms with van der Waals surface area (Å²) in [4.78, 5) is 11.4. The van der Waals surface area contributed by atoms with Gasteiger partial charge in [-0.25, -0.2) is 4.79 Å². The van der Waals surface area contributed by atoms with Crippen LogP contribution in [0.2, 0.25) is 0 Å². The van der Waals surface area contributed by atoms with E-state index in [1.165, 1.54) is 38.5 Å². The third-order valence-electron chi connectivity index (χ3n) is 4.42. The van der Waals surface area contributed by atoms with Crippen molar-refractivity contribution in [2.24, 2.45) is 0 Å². The number of rotatable bonds is 8. The van der Waals surface area contributed by atoms with E-state index in [2.05, 4.69) is 0 Å². The quantitative estimate of drug-likeness (QED) is 0.503. The third-order valence-corrected chi connectivity index (χ3v) is 4.42. The molecule has 5 nitrogen and oxygen atoms in total. The molecule has 128 valence electrons. The van der Waals surface area contributed by atoms with Crippen molar-refractivity contribution in [1.82, 2.24) is 0 Å². The van der Waals surface area contributed by atoms with E-state index in [0.29, 0.717) is 25.4 Å². The van der Waals surface area contributed by atoms with E-state index in [1.807, 2.05) is 0 Å². The number of carbonyl (C=O) groups excluding carboxylic acids is 1. The van der Waals surface area contributed by atoms with Crippen LogP contribution in [0.1, 0.15) is 64.2 Å². The molecule has 2 rings (SSSR count).